The van der Waals surface area contributed by atoms with Crippen molar-refractivity contribution in [2.75, 3.05) is 35.6 Å². The predicted octanol–water partition coefficient (Wildman–Crippen LogP) is 3.15. The standard InChI is InChI=1S/C19H21F3N6O/c20-19(21,22)14-10-25-18(28-17(14)24-9-11-2-1-5-23-8-11)26-13-3-4-15-12(6-13)7-16(29)27-15/h3-4,6,10-11,23H,1-2,5,7-9H2,(H,27,29)(H2,24,25,26,28). The first-order valence-corrected chi connectivity index (χ1v) is 9.47. The summed E-state index contributed by atoms with van der Waals surface area (Å²) >= 11 is 0. The van der Waals surface area contributed by atoms with Gasteiger partial charge in [-0.15, -0.1) is 0 Å². The molecule has 3 heterocycles. The van der Waals surface area contributed by atoms with Gasteiger partial charge in [-0.05, 0) is 55.6 Å². The van der Waals surface area contributed by atoms with Crippen LogP contribution in [0.4, 0.5) is 36.3 Å². The SMILES string of the molecule is O=C1Cc2cc(Nc3ncc(C(F)(F)F)c(NCC4CCCNC4)n3)ccc2N1. The second-order valence-corrected chi connectivity index (χ2v) is 7.27. The van der Waals surface area contributed by atoms with E-state index in [0.717, 1.165) is 43.4 Å². The summed E-state index contributed by atoms with van der Waals surface area (Å²) in [5.74, 6) is -0.0253. The largest absolute Gasteiger partial charge is 0.421 e. The van der Waals surface area contributed by atoms with Crippen molar-refractivity contribution in [3.8, 4) is 0 Å². The minimum absolute atomic E-state index is 0.0551. The van der Waals surface area contributed by atoms with Gasteiger partial charge in [0.2, 0.25) is 11.9 Å². The molecule has 2 aromatic rings. The van der Waals surface area contributed by atoms with E-state index in [1.165, 1.54) is 0 Å². The Morgan fingerprint density at radius 1 is 1.28 bits per heavy atom. The Morgan fingerprint density at radius 2 is 2.14 bits per heavy atom. The van der Waals surface area contributed by atoms with Crippen LogP contribution in [0.15, 0.2) is 24.4 Å². The van der Waals surface area contributed by atoms with Crippen LogP contribution in [0.2, 0.25) is 0 Å². The molecule has 0 aliphatic carbocycles. The highest BCUT2D eigenvalue weighted by atomic mass is 19.4. The first-order chi connectivity index (χ1) is 13.9. The highest BCUT2D eigenvalue weighted by Crippen LogP contribution is 2.34. The van der Waals surface area contributed by atoms with Crippen LogP contribution in [0, 0.1) is 5.92 Å². The van der Waals surface area contributed by atoms with E-state index in [0.29, 0.717) is 12.2 Å². The van der Waals surface area contributed by atoms with Gasteiger partial charge < -0.3 is 21.3 Å². The molecule has 0 bridgehead atoms. The van der Waals surface area contributed by atoms with Gasteiger partial charge in [-0.3, -0.25) is 4.79 Å². The number of alkyl halides is 3. The molecule has 0 saturated carbocycles. The maximum absolute atomic E-state index is 13.4. The number of carbonyl (C=O) groups is 1. The number of amides is 1. The molecule has 1 saturated heterocycles. The number of anilines is 4. The number of nitrogens with one attached hydrogen (secondary N) is 4. The van der Waals surface area contributed by atoms with E-state index in [1.54, 1.807) is 18.2 Å². The van der Waals surface area contributed by atoms with E-state index in [2.05, 4.69) is 31.2 Å². The molecule has 1 fully saturated rings. The van der Waals surface area contributed by atoms with E-state index >= 15 is 0 Å². The number of benzene rings is 1. The summed E-state index contributed by atoms with van der Waals surface area (Å²) in [5.41, 5.74) is 1.26. The fourth-order valence-corrected chi connectivity index (χ4v) is 3.56. The number of hydrogen-bond donors (Lipinski definition) is 4. The molecule has 10 heteroatoms. The summed E-state index contributed by atoms with van der Waals surface area (Å²) in [7, 11) is 0. The number of carbonyl (C=O) groups excluding carboxylic acids is 1. The number of fused-ring (bicyclic) bond motifs is 1. The molecule has 7 nitrogen and oxygen atoms in total. The van der Waals surface area contributed by atoms with Crippen LogP contribution in [-0.4, -0.2) is 35.5 Å². The van der Waals surface area contributed by atoms with Crippen molar-refractivity contribution in [1.29, 1.82) is 0 Å². The number of hydrogen-bond acceptors (Lipinski definition) is 6. The Bertz CT molecular complexity index is 911. The molecule has 2 aliphatic rings. The normalized spacial score (nSPS) is 18.9. The smallest absolute Gasteiger partial charge is 0.369 e. The van der Waals surface area contributed by atoms with Gasteiger partial charge in [0.1, 0.15) is 11.4 Å². The molecule has 1 atom stereocenters. The Labute approximate surface area is 165 Å². The Morgan fingerprint density at radius 3 is 2.90 bits per heavy atom. The van der Waals surface area contributed by atoms with Crippen molar-refractivity contribution < 1.29 is 18.0 Å². The summed E-state index contributed by atoms with van der Waals surface area (Å²) in [5, 5.41) is 11.8. The highest BCUT2D eigenvalue weighted by Gasteiger charge is 2.35. The Balaban J connectivity index is 1.53. The number of halogens is 3. The summed E-state index contributed by atoms with van der Waals surface area (Å²) in [6, 6.07) is 5.21. The number of nitrogens with zero attached hydrogens (tertiary/aromatic N) is 2. The van der Waals surface area contributed by atoms with Gasteiger partial charge in [0.25, 0.3) is 0 Å². The fourth-order valence-electron chi connectivity index (χ4n) is 3.56. The van der Waals surface area contributed by atoms with Crippen LogP contribution in [-0.2, 0) is 17.4 Å². The minimum Gasteiger partial charge on any atom is -0.369 e. The molecule has 1 unspecified atom stereocenters. The van der Waals surface area contributed by atoms with Crippen LogP contribution in [0.3, 0.4) is 0 Å². The monoisotopic (exact) mass is 406 g/mol. The molecule has 0 radical (unpaired) electrons. The zero-order chi connectivity index (χ0) is 20.4. The van der Waals surface area contributed by atoms with Gasteiger partial charge in [0.15, 0.2) is 0 Å². The lowest BCUT2D eigenvalue weighted by molar-refractivity contribution is -0.137. The Kier molecular flexibility index (Phi) is 5.27. The van der Waals surface area contributed by atoms with Crippen molar-refractivity contribution in [1.82, 2.24) is 15.3 Å². The summed E-state index contributed by atoms with van der Waals surface area (Å²) in [4.78, 5) is 19.4. The van der Waals surface area contributed by atoms with E-state index in [1.807, 2.05) is 0 Å². The number of rotatable bonds is 5. The van der Waals surface area contributed by atoms with Gasteiger partial charge in [0.05, 0.1) is 6.42 Å². The third-order valence-electron chi connectivity index (χ3n) is 5.04. The van der Waals surface area contributed by atoms with Crippen molar-refractivity contribution >= 4 is 29.0 Å². The molecular formula is C19H21F3N6O. The maximum Gasteiger partial charge on any atom is 0.421 e. The van der Waals surface area contributed by atoms with Crippen LogP contribution in [0.25, 0.3) is 0 Å². The number of aromatic nitrogens is 2. The van der Waals surface area contributed by atoms with Crippen LogP contribution < -0.4 is 21.3 Å². The molecule has 1 aromatic carbocycles. The van der Waals surface area contributed by atoms with Gasteiger partial charge in [-0.25, -0.2) is 4.98 Å². The highest BCUT2D eigenvalue weighted by molar-refractivity contribution is 5.99. The van der Waals surface area contributed by atoms with Gasteiger partial charge in [-0.2, -0.15) is 18.2 Å². The molecule has 1 amide bonds. The van der Waals surface area contributed by atoms with E-state index < -0.39 is 11.7 Å². The van der Waals surface area contributed by atoms with Gasteiger partial charge >= 0.3 is 6.18 Å². The van der Waals surface area contributed by atoms with Crippen LogP contribution >= 0.6 is 0 Å². The second kappa shape index (κ2) is 7.86. The molecule has 4 rings (SSSR count). The Hall–Kier alpha value is -2.88. The average molecular weight is 406 g/mol. The summed E-state index contributed by atoms with van der Waals surface area (Å²) in [6.07, 6.45) is -1.54. The zero-order valence-electron chi connectivity index (χ0n) is 15.6. The van der Waals surface area contributed by atoms with E-state index in [4.69, 9.17) is 0 Å². The van der Waals surface area contributed by atoms with Crippen LogP contribution in [0.5, 0.6) is 0 Å². The lowest BCUT2D eigenvalue weighted by atomic mass is 10.00. The molecule has 0 spiro atoms. The quantitative estimate of drug-likeness (QED) is 0.610. The lowest BCUT2D eigenvalue weighted by Crippen LogP contribution is -2.34. The molecule has 29 heavy (non-hydrogen) atoms. The molecule has 2 aliphatic heterocycles. The number of piperidine rings is 1. The molecular weight excluding hydrogens is 385 g/mol. The average Bonchev–Trinajstić information content (AvgIpc) is 3.06. The second-order valence-electron chi connectivity index (χ2n) is 7.27. The first kappa shape index (κ1) is 19.4. The lowest BCUT2D eigenvalue weighted by Gasteiger charge is -2.24. The van der Waals surface area contributed by atoms with Crippen molar-refractivity contribution in [2.45, 2.75) is 25.4 Å². The third-order valence-corrected chi connectivity index (χ3v) is 5.04. The van der Waals surface area contributed by atoms with E-state index in [9.17, 15) is 18.0 Å². The zero-order valence-corrected chi connectivity index (χ0v) is 15.6. The van der Waals surface area contributed by atoms with Crippen molar-refractivity contribution in [2.24, 2.45) is 5.92 Å². The fraction of sp³-hybridized carbons (Fsp3) is 0.421. The first-order valence-electron chi connectivity index (χ1n) is 9.47. The summed E-state index contributed by atoms with van der Waals surface area (Å²) < 4.78 is 40.1. The van der Waals surface area contributed by atoms with Crippen molar-refractivity contribution in [3.63, 3.8) is 0 Å². The van der Waals surface area contributed by atoms with Crippen LogP contribution in [0.1, 0.15) is 24.0 Å². The van der Waals surface area contributed by atoms with Gasteiger partial charge in [0, 0.05) is 24.1 Å². The van der Waals surface area contributed by atoms with E-state index in [-0.39, 0.29) is 30.0 Å². The molecule has 154 valence electrons. The molecule has 1 aromatic heterocycles. The van der Waals surface area contributed by atoms with Gasteiger partial charge in [-0.1, -0.05) is 0 Å². The topological polar surface area (TPSA) is 91.0 Å². The third kappa shape index (κ3) is 4.58. The van der Waals surface area contributed by atoms with Crippen molar-refractivity contribution in [3.05, 3.63) is 35.5 Å². The maximum atomic E-state index is 13.4. The predicted molar refractivity (Wildman–Crippen MR) is 103 cm³/mol. The summed E-state index contributed by atoms with van der Waals surface area (Å²) in [6.45, 7) is 2.11. The molecule has 4 N–H and O–H groups in total. The minimum atomic E-state index is -4.55.